The van der Waals surface area contributed by atoms with Crippen LogP contribution in [0.4, 0.5) is 10.6 Å². The van der Waals surface area contributed by atoms with Crippen LogP contribution in [-0.2, 0) is 18.6 Å². The topological polar surface area (TPSA) is 116 Å². The molecule has 35 heavy (non-hydrogen) atoms. The maximum Gasteiger partial charge on any atom is 0.411 e. The molecule has 0 bridgehead atoms. The smallest absolute Gasteiger partial charge is 0.411 e. The van der Waals surface area contributed by atoms with Gasteiger partial charge in [0.05, 0.1) is 18.7 Å². The molecule has 198 valence electrons. The fourth-order valence-corrected chi connectivity index (χ4v) is 5.37. The van der Waals surface area contributed by atoms with E-state index in [0.29, 0.717) is 16.9 Å². The number of carbonyl (C=O) groups is 1. The molecular weight excluding hydrogens is 466 g/mol. The quantitative estimate of drug-likeness (QED) is 0.575. The van der Waals surface area contributed by atoms with E-state index in [0.717, 1.165) is 0 Å². The molecule has 2 aliphatic heterocycles. The number of nitrogens with two attached hydrogens (primary N) is 1. The van der Waals surface area contributed by atoms with Crippen molar-refractivity contribution in [1.82, 2.24) is 9.88 Å². The number of rotatable bonds is 4. The number of nitrogens with zero attached hydrogens (tertiary/aromatic N) is 1. The van der Waals surface area contributed by atoms with E-state index in [1.54, 1.807) is 11.0 Å². The number of nitrogens with one attached hydrogen (secondary N) is 1. The van der Waals surface area contributed by atoms with Gasteiger partial charge in [0.2, 0.25) is 0 Å². The van der Waals surface area contributed by atoms with Crippen LogP contribution in [0.2, 0.25) is 18.1 Å². The Hall–Kier alpha value is -1.88. The van der Waals surface area contributed by atoms with Gasteiger partial charge < -0.3 is 29.4 Å². The molecule has 2 saturated heterocycles. The summed E-state index contributed by atoms with van der Waals surface area (Å²) >= 11 is 0. The number of pyridine rings is 1. The fraction of sp³-hybridized carbons (Fsp3) is 0.760. The molecular formula is C25H43N3O6Si. The standard InChI is InChI=1S/C25H43N3O6Si/c1-14-12-15(21(29)27-20(14)26)17-19-18(32-25(8,9)33-19)16(13-31-35(10,11)24(5,6)7)28(17)22(30)34-23(2,3)4/h12,16-19H,13H2,1-11H3,(H3,26,27,29)/t16-,17?,18-,19+/m1/s1. The van der Waals surface area contributed by atoms with Gasteiger partial charge in [0, 0.05) is 5.56 Å². The molecule has 10 heteroatoms. The summed E-state index contributed by atoms with van der Waals surface area (Å²) in [5.41, 5.74) is 5.94. The SMILES string of the molecule is Cc1cc(C2[C@@H]3OC(C)(C)O[C@@H]3[C@@H](CO[Si](C)(C)C(C)(C)C)N2C(=O)OC(C)(C)C)c(=O)[nH]c1N. The molecule has 1 aromatic heterocycles. The highest BCUT2D eigenvalue weighted by molar-refractivity contribution is 6.74. The van der Waals surface area contributed by atoms with Gasteiger partial charge in [0.1, 0.15) is 23.6 Å². The molecule has 0 radical (unpaired) electrons. The average Bonchev–Trinajstić information content (AvgIpc) is 3.11. The molecule has 1 unspecified atom stereocenters. The van der Waals surface area contributed by atoms with Crippen molar-refractivity contribution in [2.24, 2.45) is 0 Å². The summed E-state index contributed by atoms with van der Waals surface area (Å²) in [5, 5.41) is -0.0152. The first-order valence-electron chi connectivity index (χ1n) is 12.2. The molecule has 0 spiro atoms. The van der Waals surface area contributed by atoms with Gasteiger partial charge in [-0.25, -0.2) is 4.79 Å². The Labute approximate surface area is 209 Å². The van der Waals surface area contributed by atoms with E-state index in [9.17, 15) is 9.59 Å². The van der Waals surface area contributed by atoms with Gasteiger partial charge in [-0.1, -0.05) is 20.8 Å². The molecule has 1 amide bonds. The predicted molar refractivity (Wildman–Crippen MR) is 138 cm³/mol. The van der Waals surface area contributed by atoms with Gasteiger partial charge in [-0.15, -0.1) is 0 Å². The zero-order valence-electron chi connectivity index (χ0n) is 23.1. The molecule has 3 heterocycles. The number of aromatic amines is 1. The Bertz CT molecular complexity index is 1020. The Kier molecular flexibility index (Phi) is 7.04. The summed E-state index contributed by atoms with van der Waals surface area (Å²) < 4.78 is 25.0. The molecule has 0 aromatic carbocycles. The van der Waals surface area contributed by atoms with Gasteiger partial charge in [0.15, 0.2) is 14.1 Å². The number of amides is 1. The Morgan fingerprint density at radius 1 is 1.17 bits per heavy atom. The van der Waals surface area contributed by atoms with Crippen molar-refractivity contribution < 1.29 is 23.4 Å². The number of nitrogen functional groups attached to an aromatic ring is 1. The monoisotopic (exact) mass is 509 g/mol. The van der Waals surface area contributed by atoms with Crippen LogP contribution < -0.4 is 11.3 Å². The number of ether oxygens (including phenoxy) is 3. The van der Waals surface area contributed by atoms with Gasteiger partial charge in [-0.2, -0.15) is 0 Å². The maximum absolute atomic E-state index is 13.6. The average molecular weight is 510 g/mol. The van der Waals surface area contributed by atoms with Crippen LogP contribution in [0.15, 0.2) is 10.9 Å². The van der Waals surface area contributed by atoms with E-state index in [4.69, 9.17) is 24.4 Å². The molecule has 3 rings (SSSR count). The van der Waals surface area contributed by atoms with E-state index in [1.165, 1.54) is 0 Å². The van der Waals surface area contributed by atoms with E-state index in [2.05, 4.69) is 38.8 Å². The van der Waals surface area contributed by atoms with Gasteiger partial charge >= 0.3 is 6.09 Å². The number of H-pyrrole nitrogens is 1. The van der Waals surface area contributed by atoms with Crippen molar-refractivity contribution in [3.05, 3.63) is 27.5 Å². The molecule has 0 saturated carbocycles. The summed E-state index contributed by atoms with van der Waals surface area (Å²) in [6.07, 6.45) is -1.61. The largest absolute Gasteiger partial charge is 0.444 e. The number of carbonyl (C=O) groups excluding carboxylic acids is 1. The van der Waals surface area contributed by atoms with Crippen LogP contribution in [0.5, 0.6) is 0 Å². The fourth-order valence-electron chi connectivity index (χ4n) is 4.35. The lowest BCUT2D eigenvalue weighted by Gasteiger charge is -2.40. The summed E-state index contributed by atoms with van der Waals surface area (Å²) in [6, 6.07) is 0.486. The zero-order chi connectivity index (χ0) is 26.7. The van der Waals surface area contributed by atoms with E-state index in [1.807, 2.05) is 41.5 Å². The normalized spacial score (nSPS) is 26.7. The van der Waals surface area contributed by atoms with E-state index in [-0.39, 0.29) is 17.2 Å². The molecule has 0 aliphatic carbocycles. The van der Waals surface area contributed by atoms with Crippen LogP contribution in [0.25, 0.3) is 0 Å². The third kappa shape index (κ3) is 5.60. The first-order chi connectivity index (χ1) is 15.7. The van der Waals surface area contributed by atoms with E-state index < -0.39 is 50.1 Å². The van der Waals surface area contributed by atoms with E-state index >= 15 is 0 Å². The van der Waals surface area contributed by atoms with Crippen LogP contribution in [0.1, 0.15) is 72.6 Å². The van der Waals surface area contributed by atoms with Crippen LogP contribution in [0.3, 0.4) is 0 Å². The van der Waals surface area contributed by atoms with Gasteiger partial charge in [-0.05, 0) is 71.3 Å². The summed E-state index contributed by atoms with van der Waals surface area (Å²) in [7, 11) is -2.15. The van der Waals surface area contributed by atoms with Crippen molar-refractivity contribution in [3.8, 4) is 0 Å². The number of hydrogen-bond donors (Lipinski definition) is 2. The molecule has 2 aliphatic rings. The Morgan fingerprint density at radius 2 is 1.74 bits per heavy atom. The first kappa shape index (κ1) is 27.7. The lowest BCUT2D eigenvalue weighted by molar-refractivity contribution is -0.168. The highest BCUT2D eigenvalue weighted by Gasteiger charge is 2.61. The second-order valence-electron chi connectivity index (χ2n) is 12.7. The lowest BCUT2D eigenvalue weighted by atomic mass is 10.0. The Balaban J connectivity index is 2.12. The highest BCUT2D eigenvalue weighted by Crippen LogP contribution is 2.48. The van der Waals surface area contributed by atoms with Crippen molar-refractivity contribution in [2.45, 2.75) is 116 Å². The second-order valence-corrected chi connectivity index (χ2v) is 17.5. The summed E-state index contributed by atoms with van der Waals surface area (Å²) in [6.45, 7) is 22.0. The first-order valence-corrected chi connectivity index (χ1v) is 15.2. The van der Waals surface area contributed by atoms with Crippen molar-refractivity contribution in [3.63, 3.8) is 0 Å². The third-order valence-electron chi connectivity index (χ3n) is 7.16. The van der Waals surface area contributed by atoms with Crippen molar-refractivity contribution >= 4 is 20.2 Å². The number of fused-ring (bicyclic) bond motifs is 1. The zero-order valence-corrected chi connectivity index (χ0v) is 24.1. The number of hydrogen-bond acceptors (Lipinski definition) is 7. The van der Waals surface area contributed by atoms with Crippen LogP contribution >= 0.6 is 0 Å². The molecule has 9 nitrogen and oxygen atoms in total. The van der Waals surface area contributed by atoms with Crippen LogP contribution in [0, 0.1) is 6.92 Å². The number of aromatic nitrogens is 1. The van der Waals surface area contributed by atoms with Crippen molar-refractivity contribution in [2.75, 3.05) is 12.3 Å². The number of aryl methyl sites for hydroxylation is 1. The summed E-state index contributed by atoms with van der Waals surface area (Å²) in [5.74, 6) is -0.586. The highest BCUT2D eigenvalue weighted by atomic mass is 28.4. The van der Waals surface area contributed by atoms with Crippen LogP contribution in [-0.4, -0.2) is 60.5 Å². The minimum atomic E-state index is -2.15. The minimum Gasteiger partial charge on any atom is -0.444 e. The van der Waals surface area contributed by atoms with Gasteiger partial charge in [0.25, 0.3) is 5.56 Å². The predicted octanol–water partition coefficient (Wildman–Crippen LogP) is 4.47. The van der Waals surface area contributed by atoms with Gasteiger partial charge in [-0.3, -0.25) is 9.69 Å². The molecule has 3 N–H and O–H groups in total. The summed E-state index contributed by atoms with van der Waals surface area (Å²) in [4.78, 5) is 31.0. The molecule has 4 atom stereocenters. The van der Waals surface area contributed by atoms with Crippen molar-refractivity contribution in [1.29, 1.82) is 0 Å². The Morgan fingerprint density at radius 3 is 2.29 bits per heavy atom. The molecule has 1 aromatic rings. The minimum absolute atomic E-state index is 0.0152. The third-order valence-corrected chi connectivity index (χ3v) is 11.7. The molecule has 2 fully saturated rings. The lowest BCUT2D eigenvalue weighted by Crippen LogP contribution is -2.51. The number of likely N-dealkylation sites (tertiary alicyclic amines) is 1. The number of anilines is 1. The maximum atomic E-state index is 13.6. The second kappa shape index (κ2) is 8.90.